The molecule has 0 aliphatic carbocycles. The molecule has 7 heteroatoms. The van der Waals surface area contributed by atoms with Crippen LogP contribution < -0.4 is 10.5 Å². The fourth-order valence-electron chi connectivity index (χ4n) is 1.81. The zero-order valence-electron chi connectivity index (χ0n) is 11.9. The van der Waals surface area contributed by atoms with Gasteiger partial charge < -0.3 is 15.0 Å². The molecule has 21 heavy (non-hydrogen) atoms. The van der Waals surface area contributed by atoms with Gasteiger partial charge in [0.1, 0.15) is 5.75 Å². The van der Waals surface area contributed by atoms with Gasteiger partial charge in [-0.25, -0.2) is 0 Å². The van der Waals surface area contributed by atoms with E-state index < -0.39 is 0 Å². The van der Waals surface area contributed by atoms with Crippen molar-refractivity contribution in [2.75, 3.05) is 6.54 Å². The zero-order valence-corrected chi connectivity index (χ0v) is 13.4. The second kappa shape index (κ2) is 7.11. The van der Waals surface area contributed by atoms with Crippen molar-refractivity contribution in [3.05, 3.63) is 39.5 Å². The molecule has 0 atom stereocenters. The van der Waals surface area contributed by atoms with Crippen LogP contribution in [0.3, 0.4) is 0 Å². The summed E-state index contributed by atoms with van der Waals surface area (Å²) in [5.74, 6) is 1.79. The molecule has 2 rings (SSSR count). The van der Waals surface area contributed by atoms with Crippen LogP contribution in [0.4, 0.5) is 0 Å². The van der Waals surface area contributed by atoms with Crippen LogP contribution in [0.2, 0.25) is 10.0 Å². The molecule has 0 saturated heterocycles. The van der Waals surface area contributed by atoms with Crippen LogP contribution in [0.15, 0.2) is 16.7 Å². The van der Waals surface area contributed by atoms with Crippen LogP contribution in [0.5, 0.6) is 5.75 Å². The lowest BCUT2D eigenvalue weighted by atomic mass is 10.1. The first-order chi connectivity index (χ1) is 10.0. The minimum Gasteiger partial charge on any atom is -0.484 e. The van der Waals surface area contributed by atoms with Gasteiger partial charge in [0, 0.05) is 10.9 Å². The molecule has 0 radical (unpaired) electrons. The third-order valence-electron chi connectivity index (χ3n) is 2.82. The van der Waals surface area contributed by atoms with Gasteiger partial charge in [-0.05, 0) is 30.7 Å². The van der Waals surface area contributed by atoms with E-state index in [9.17, 15) is 0 Å². The van der Waals surface area contributed by atoms with Gasteiger partial charge in [0.15, 0.2) is 6.61 Å². The summed E-state index contributed by atoms with van der Waals surface area (Å²) >= 11 is 12.2. The standard InChI is InChI=1S/C14H17Cl2N3O2/c1-8(2)14-18-12(19-21-14)7-20-13-9(3-4-17)5-10(15)6-11(13)16/h5-6,8H,3-4,7,17H2,1-2H3. The monoisotopic (exact) mass is 329 g/mol. The highest BCUT2D eigenvalue weighted by Gasteiger charge is 2.14. The van der Waals surface area contributed by atoms with Crippen molar-refractivity contribution in [1.29, 1.82) is 0 Å². The number of rotatable bonds is 6. The molecule has 0 aliphatic rings. The van der Waals surface area contributed by atoms with Crippen LogP contribution in [0, 0.1) is 0 Å². The summed E-state index contributed by atoms with van der Waals surface area (Å²) < 4.78 is 10.8. The van der Waals surface area contributed by atoms with Gasteiger partial charge in [0.25, 0.3) is 0 Å². The van der Waals surface area contributed by atoms with Gasteiger partial charge in [0.2, 0.25) is 11.7 Å². The van der Waals surface area contributed by atoms with Crippen molar-refractivity contribution in [1.82, 2.24) is 10.1 Å². The van der Waals surface area contributed by atoms with Gasteiger partial charge >= 0.3 is 0 Å². The first-order valence-electron chi connectivity index (χ1n) is 6.64. The zero-order chi connectivity index (χ0) is 15.4. The molecule has 0 bridgehead atoms. The Labute approximate surface area is 133 Å². The first kappa shape index (κ1) is 16.1. The van der Waals surface area contributed by atoms with E-state index in [1.165, 1.54) is 0 Å². The van der Waals surface area contributed by atoms with Gasteiger partial charge in [0.05, 0.1) is 5.02 Å². The lowest BCUT2D eigenvalue weighted by Crippen LogP contribution is -2.06. The predicted molar refractivity (Wildman–Crippen MR) is 81.9 cm³/mol. The van der Waals surface area contributed by atoms with Crippen molar-refractivity contribution < 1.29 is 9.26 Å². The predicted octanol–water partition coefficient (Wildman–Crippen LogP) is 3.58. The van der Waals surface area contributed by atoms with Crippen LogP contribution >= 0.6 is 23.2 Å². The van der Waals surface area contributed by atoms with E-state index in [0.717, 1.165) is 5.56 Å². The summed E-state index contributed by atoms with van der Waals surface area (Å²) in [6, 6.07) is 3.43. The number of hydrogen-bond acceptors (Lipinski definition) is 5. The number of halogens is 2. The van der Waals surface area contributed by atoms with Crippen LogP contribution in [0.1, 0.15) is 37.0 Å². The first-order valence-corrected chi connectivity index (χ1v) is 7.40. The second-order valence-corrected chi connectivity index (χ2v) is 5.75. The highest BCUT2D eigenvalue weighted by Crippen LogP contribution is 2.33. The van der Waals surface area contributed by atoms with Crippen LogP contribution in [0.25, 0.3) is 0 Å². The smallest absolute Gasteiger partial charge is 0.229 e. The number of ether oxygens (including phenoxy) is 1. The molecule has 1 aromatic carbocycles. The summed E-state index contributed by atoms with van der Waals surface area (Å²) in [5.41, 5.74) is 6.46. The molecule has 0 spiro atoms. The minimum absolute atomic E-state index is 0.176. The van der Waals surface area contributed by atoms with Crippen molar-refractivity contribution in [2.24, 2.45) is 5.73 Å². The average Bonchev–Trinajstić information content (AvgIpc) is 2.87. The summed E-state index contributed by atoms with van der Waals surface area (Å²) in [4.78, 5) is 4.25. The number of nitrogens with zero attached hydrogens (tertiary/aromatic N) is 2. The molecular weight excluding hydrogens is 313 g/mol. The molecule has 0 saturated carbocycles. The van der Waals surface area contributed by atoms with Gasteiger partial charge in [-0.2, -0.15) is 4.98 Å². The third kappa shape index (κ3) is 4.09. The van der Waals surface area contributed by atoms with E-state index in [-0.39, 0.29) is 12.5 Å². The molecule has 1 heterocycles. The fourth-order valence-corrected chi connectivity index (χ4v) is 2.40. The van der Waals surface area contributed by atoms with Crippen molar-refractivity contribution in [2.45, 2.75) is 32.8 Å². The number of nitrogens with two attached hydrogens (primary N) is 1. The Morgan fingerprint density at radius 2 is 2.10 bits per heavy atom. The molecule has 2 aromatic rings. The Morgan fingerprint density at radius 3 is 2.71 bits per heavy atom. The molecule has 0 unspecified atom stereocenters. The molecule has 5 nitrogen and oxygen atoms in total. The second-order valence-electron chi connectivity index (χ2n) is 4.91. The van der Waals surface area contributed by atoms with Crippen molar-refractivity contribution in [3.8, 4) is 5.75 Å². The normalized spacial score (nSPS) is 11.1. The molecule has 0 amide bonds. The lowest BCUT2D eigenvalue weighted by molar-refractivity contribution is 0.282. The van der Waals surface area contributed by atoms with Crippen LogP contribution in [-0.2, 0) is 13.0 Å². The quantitative estimate of drug-likeness (QED) is 0.876. The molecule has 1 aromatic heterocycles. The maximum absolute atomic E-state index is 6.18. The SMILES string of the molecule is CC(C)c1nc(COc2c(Cl)cc(Cl)cc2CCN)no1. The highest BCUT2D eigenvalue weighted by molar-refractivity contribution is 6.35. The van der Waals surface area contributed by atoms with Crippen LogP contribution in [-0.4, -0.2) is 16.7 Å². The van der Waals surface area contributed by atoms with E-state index in [1.54, 1.807) is 12.1 Å². The van der Waals surface area contributed by atoms with Gasteiger partial charge in [-0.3, -0.25) is 0 Å². The van der Waals surface area contributed by atoms with Gasteiger partial charge in [-0.15, -0.1) is 0 Å². The Balaban J connectivity index is 2.14. The minimum atomic E-state index is 0.176. The Hall–Kier alpha value is -1.30. The number of hydrogen-bond donors (Lipinski definition) is 1. The average molecular weight is 330 g/mol. The van der Waals surface area contributed by atoms with Crippen molar-refractivity contribution in [3.63, 3.8) is 0 Å². The summed E-state index contributed by atoms with van der Waals surface area (Å²) in [6.45, 7) is 4.61. The van der Waals surface area contributed by atoms with Crippen molar-refractivity contribution >= 4 is 23.2 Å². The summed E-state index contributed by atoms with van der Waals surface area (Å²) in [5, 5.41) is 4.87. The topological polar surface area (TPSA) is 74.2 Å². The third-order valence-corrected chi connectivity index (χ3v) is 3.32. The van der Waals surface area contributed by atoms with E-state index in [2.05, 4.69) is 10.1 Å². The maximum atomic E-state index is 6.18. The van der Waals surface area contributed by atoms with E-state index in [4.69, 9.17) is 38.2 Å². The Kier molecular flexibility index (Phi) is 5.45. The largest absolute Gasteiger partial charge is 0.484 e. The van der Waals surface area contributed by atoms with E-state index in [1.807, 2.05) is 13.8 Å². The van der Waals surface area contributed by atoms with E-state index in [0.29, 0.717) is 40.5 Å². The molecular formula is C14H17Cl2N3O2. The molecule has 114 valence electrons. The van der Waals surface area contributed by atoms with Gasteiger partial charge in [-0.1, -0.05) is 42.2 Å². The molecule has 2 N–H and O–H groups in total. The van der Waals surface area contributed by atoms with E-state index >= 15 is 0 Å². The maximum Gasteiger partial charge on any atom is 0.229 e. The Bertz CT molecular complexity index is 614. The fraction of sp³-hybridized carbons (Fsp3) is 0.429. The summed E-state index contributed by atoms with van der Waals surface area (Å²) in [7, 11) is 0. The molecule has 0 fully saturated rings. The number of aromatic nitrogens is 2. The summed E-state index contributed by atoms with van der Waals surface area (Å²) in [6.07, 6.45) is 0.624. The lowest BCUT2D eigenvalue weighted by Gasteiger charge is -2.12. The highest BCUT2D eigenvalue weighted by atomic mass is 35.5. The molecule has 0 aliphatic heterocycles. The Morgan fingerprint density at radius 1 is 1.33 bits per heavy atom. The number of benzene rings is 1.